The molecule has 8 nitrogen and oxygen atoms in total. The highest BCUT2D eigenvalue weighted by Crippen LogP contribution is 2.27. The fourth-order valence-electron chi connectivity index (χ4n) is 3.84. The van der Waals surface area contributed by atoms with Crippen LogP contribution >= 0.6 is 23.2 Å². The summed E-state index contributed by atoms with van der Waals surface area (Å²) in [6.45, 7) is 1.24. The Morgan fingerprint density at radius 3 is 2.16 bits per heavy atom. The van der Waals surface area contributed by atoms with Crippen molar-refractivity contribution in [3.8, 4) is 11.5 Å². The molecule has 0 saturated heterocycles. The Bertz CT molecular complexity index is 1370. The summed E-state index contributed by atoms with van der Waals surface area (Å²) < 4.78 is 32.3. The molecule has 1 N–H and O–H groups in total. The zero-order valence-electron chi connectivity index (χ0n) is 21.2. The van der Waals surface area contributed by atoms with Crippen molar-refractivity contribution in [1.29, 1.82) is 0 Å². The molecule has 0 saturated carbocycles. The van der Waals surface area contributed by atoms with Gasteiger partial charge in [-0.15, -0.1) is 0 Å². The van der Waals surface area contributed by atoms with E-state index in [9.17, 15) is 18.0 Å². The third-order valence-electron chi connectivity index (χ3n) is 5.77. The fraction of sp³-hybridized carbons (Fsp3) is 0.259. The Labute approximate surface area is 233 Å². The van der Waals surface area contributed by atoms with Crippen molar-refractivity contribution in [2.45, 2.75) is 25.9 Å². The van der Waals surface area contributed by atoms with E-state index in [2.05, 4.69) is 5.32 Å². The first-order valence-electron chi connectivity index (χ1n) is 11.8. The molecule has 2 amide bonds. The summed E-state index contributed by atoms with van der Waals surface area (Å²) in [5, 5.41) is 3.33. The van der Waals surface area contributed by atoms with Crippen molar-refractivity contribution in [3.05, 3.63) is 88.4 Å². The summed E-state index contributed by atoms with van der Waals surface area (Å²) in [4.78, 5) is 27.6. The van der Waals surface area contributed by atoms with Crippen LogP contribution in [0.4, 0.5) is 5.69 Å². The second-order valence-corrected chi connectivity index (χ2v) is 11.2. The van der Waals surface area contributed by atoms with E-state index in [-0.39, 0.29) is 18.1 Å². The number of amides is 2. The SMILES string of the molecule is CC[C@H](C(=O)NC)N(Cc1ccc(Cl)cc1Cl)C(=O)CN(c1ccc(Oc2ccccc2)cc1)S(C)(=O)=O. The van der Waals surface area contributed by atoms with E-state index in [1.54, 1.807) is 61.5 Å². The number of sulfonamides is 1. The molecule has 0 aliphatic rings. The van der Waals surface area contributed by atoms with Crippen molar-refractivity contribution in [3.63, 3.8) is 0 Å². The molecule has 0 unspecified atom stereocenters. The van der Waals surface area contributed by atoms with Crippen LogP contribution in [0.5, 0.6) is 11.5 Å². The summed E-state index contributed by atoms with van der Waals surface area (Å²) in [6, 6.07) is 19.5. The smallest absolute Gasteiger partial charge is 0.244 e. The molecular weight excluding hydrogens is 549 g/mol. The molecule has 0 bridgehead atoms. The van der Waals surface area contributed by atoms with Gasteiger partial charge >= 0.3 is 0 Å². The van der Waals surface area contributed by atoms with Gasteiger partial charge in [0.05, 0.1) is 11.9 Å². The van der Waals surface area contributed by atoms with Crippen LogP contribution in [0.1, 0.15) is 18.9 Å². The Kier molecular flexibility index (Phi) is 10.0. The third kappa shape index (κ3) is 7.63. The number of anilines is 1. The molecule has 3 aromatic rings. The molecule has 0 aliphatic carbocycles. The third-order valence-corrected chi connectivity index (χ3v) is 7.50. The van der Waals surface area contributed by atoms with Gasteiger partial charge in [0.2, 0.25) is 21.8 Å². The van der Waals surface area contributed by atoms with Crippen LogP contribution in [0, 0.1) is 0 Å². The second-order valence-electron chi connectivity index (χ2n) is 8.47. The Hall–Kier alpha value is -3.27. The number of benzene rings is 3. The maximum atomic E-state index is 13.6. The van der Waals surface area contributed by atoms with Gasteiger partial charge < -0.3 is 15.0 Å². The number of nitrogens with one attached hydrogen (secondary N) is 1. The Morgan fingerprint density at radius 2 is 1.61 bits per heavy atom. The fourth-order valence-corrected chi connectivity index (χ4v) is 5.16. The molecule has 0 radical (unpaired) electrons. The number of carbonyl (C=O) groups is 2. The van der Waals surface area contributed by atoms with Crippen molar-refractivity contribution in [2.24, 2.45) is 0 Å². The highest BCUT2D eigenvalue weighted by molar-refractivity contribution is 7.92. The van der Waals surface area contributed by atoms with Gasteiger partial charge in [-0.25, -0.2) is 8.42 Å². The lowest BCUT2D eigenvalue weighted by Crippen LogP contribution is -2.51. The first-order chi connectivity index (χ1) is 18.0. The second kappa shape index (κ2) is 13.0. The number of para-hydroxylation sites is 1. The van der Waals surface area contributed by atoms with E-state index in [0.29, 0.717) is 33.5 Å². The zero-order valence-corrected chi connectivity index (χ0v) is 23.6. The number of carbonyl (C=O) groups excluding carboxylic acids is 2. The van der Waals surface area contributed by atoms with Crippen molar-refractivity contribution in [2.75, 3.05) is 24.2 Å². The van der Waals surface area contributed by atoms with Crippen molar-refractivity contribution >= 4 is 50.7 Å². The summed E-state index contributed by atoms with van der Waals surface area (Å²) in [6.07, 6.45) is 1.33. The van der Waals surface area contributed by atoms with Crippen LogP contribution in [-0.2, 0) is 26.2 Å². The molecule has 11 heteroatoms. The van der Waals surface area contributed by atoms with Crippen LogP contribution in [0.15, 0.2) is 72.8 Å². The predicted octanol–water partition coefficient (Wildman–Crippen LogP) is 5.11. The van der Waals surface area contributed by atoms with Crippen LogP contribution in [-0.4, -0.2) is 51.0 Å². The topological polar surface area (TPSA) is 96.0 Å². The van der Waals surface area contributed by atoms with Gasteiger partial charge in [-0.3, -0.25) is 13.9 Å². The van der Waals surface area contributed by atoms with Gasteiger partial charge in [0, 0.05) is 23.6 Å². The van der Waals surface area contributed by atoms with Crippen LogP contribution in [0.2, 0.25) is 10.0 Å². The number of ether oxygens (including phenoxy) is 1. The minimum atomic E-state index is -3.86. The molecule has 1 atom stereocenters. The number of halogens is 2. The van der Waals surface area contributed by atoms with E-state index in [0.717, 1.165) is 10.6 Å². The summed E-state index contributed by atoms with van der Waals surface area (Å²) in [5.41, 5.74) is 0.846. The minimum Gasteiger partial charge on any atom is -0.457 e. The van der Waals surface area contributed by atoms with Gasteiger partial charge in [0.25, 0.3) is 0 Å². The lowest BCUT2D eigenvalue weighted by atomic mass is 10.1. The molecule has 38 heavy (non-hydrogen) atoms. The maximum Gasteiger partial charge on any atom is 0.244 e. The normalized spacial score (nSPS) is 11.9. The molecule has 0 aliphatic heterocycles. The highest BCUT2D eigenvalue weighted by atomic mass is 35.5. The number of likely N-dealkylation sites (N-methyl/N-ethyl adjacent to an activating group) is 1. The molecule has 202 valence electrons. The molecule has 0 spiro atoms. The monoisotopic (exact) mass is 577 g/mol. The van der Waals surface area contributed by atoms with Crippen molar-refractivity contribution in [1.82, 2.24) is 10.2 Å². The largest absolute Gasteiger partial charge is 0.457 e. The first-order valence-corrected chi connectivity index (χ1v) is 14.4. The van der Waals surface area contributed by atoms with Crippen LogP contribution < -0.4 is 14.4 Å². The van der Waals surface area contributed by atoms with Crippen molar-refractivity contribution < 1.29 is 22.7 Å². The van der Waals surface area contributed by atoms with E-state index in [4.69, 9.17) is 27.9 Å². The van der Waals surface area contributed by atoms with E-state index in [1.807, 2.05) is 18.2 Å². The Balaban J connectivity index is 1.90. The van der Waals surface area contributed by atoms with E-state index < -0.39 is 28.5 Å². The average molecular weight is 579 g/mol. The number of rotatable bonds is 11. The van der Waals surface area contributed by atoms with E-state index in [1.165, 1.54) is 11.9 Å². The number of hydrogen-bond acceptors (Lipinski definition) is 5. The first kappa shape index (κ1) is 29.3. The highest BCUT2D eigenvalue weighted by Gasteiger charge is 2.31. The maximum absolute atomic E-state index is 13.6. The lowest BCUT2D eigenvalue weighted by molar-refractivity contribution is -0.140. The quantitative estimate of drug-likeness (QED) is 0.342. The van der Waals surface area contributed by atoms with Gasteiger partial charge in [-0.05, 0) is 60.5 Å². The van der Waals surface area contributed by atoms with Crippen LogP contribution in [0.25, 0.3) is 0 Å². The van der Waals surface area contributed by atoms with Gasteiger partial charge in [-0.2, -0.15) is 0 Å². The number of nitrogens with zero attached hydrogens (tertiary/aromatic N) is 2. The molecule has 3 aromatic carbocycles. The summed E-state index contributed by atoms with van der Waals surface area (Å²) in [5.74, 6) is 0.192. The zero-order chi connectivity index (χ0) is 27.9. The van der Waals surface area contributed by atoms with Gasteiger partial charge in [0.1, 0.15) is 24.1 Å². The van der Waals surface area contributed by atoms with Gasteiger partial charge in [-0.1, -0.05) is 54.4 Å². The molecule has 0 heterocycles. The standard InChI is InChI=1S/C27H29Cl2N3O5S/c1-4-25(27(34)30-2)31(17-19-10-11-20(28)16-24(19)29)26(33)18-32(38(3,35)36)21-12-14-23(15-13-21)37-22-8-6-5-7-9-22/h5-16,25H,4,17-18H2,1-3H3,(H,30,34)/t25-/m1/s1. The van der Waals surface area contributed by atoms with E-state index >= 15 is 0 Å². The van der Waals surface area contributed by atoms with Crippen LogP contribution in [0.3, 0.4) is 0 Å². The Morgan fingerprint density at radius 1 is 0.974 bits per heavy atom. The lowest BCUT2D eigenvalue weighted by Gasteiger charge is -2.32. The molecule has 0 aromatic heterocycles. The minimum absolute atomic E-state index is 0.0117. The molecule has 0 fully saturated rings. The molecule has 3 rings (SSSR count). The number of hydrogen-bond donors (Lipinski definition) is 1. The van der Waals surface area contributed by atoms with Gasteiger partial charge in [0.15, 0.2) is 0 Å². The summed E-state index contributed by atoms with van der Waals surface area (Å²) in [7, 11) is -2.39. The average Bonchev–Trinajstić information content (AvgIpc) is 2.88. The predicted molar refractivity (Wildman–Crippen MR) is 150 cm³/mol. The summed E-state index contributed by atoms with van der Waals surface area (Å²) >= 11 is 12.4. The molecular formula is C27H29Cl2N3O5S.